The van der Waals surface area contributed by atoms with Gasteiger partial charge in [0.15, 0.2) is 0 Å². The lowest BCUT2D eigenvalue weighted by molar-refractivity contribution is -0.130. The largest absolute Gasteiger partial charge is 0.508 e. The molecule has 34 heavy (non-hydrogen) atoms. The summed E-state index contributed by atoms with van der Waals surface area (Å²) >= 11 is 0. The number of hydrogen-bond donors (Lipinski definition) is 1. The van der Waals surface area contributed by atoms with Gasteiger partial charge in [-0.05, 0) is 80.6 Å². The normalized spacial score (nSPS) is 20.2. The van der Waals surface area contributed by atoms with Crippen LogP contribution in [0.2, 0.25) is 0 Å². The molecule has 0 bridgehead atoms. The number of methoxy groups -OCH3 is 1. The molecule has 3 atom stereocenters. The van der Waals surface area contributed by atoms with Crippen molar-refractivity contribution in [2.24, 2.45) is 17.8 Å². The first kappa shape index (κ1) is 24.8. The third-order valence-corrected chi connectivity index (χ3v) is 6.07. The number of hydrogen-bond acceptors (Lipinski definition) is 6. The summed E-state index contributed by atoms with van der Waals surface area (Å²) in [5, 5.41) is 10.2. The number of ketones is 1. The molecule has 0 heterocycles. The first-order chi connectivity index (χ1) is 16.2. The van der Waals surface area contributed by atoms with E-state index in [-0.39, 0.29) is 40.4 Å². The number of aliphatic hydroxyl groups is 1. The van der Waals surface area contributed by atoms with Gasteiger partial charge in [0.25, 0.3) is 0 Å². The molecule has 0 spiro atoms. The smallest absolute Gasteiger partial charge is 0.343 e. The number of esters is 1. The van der Waals surface area contributed by atoms with E-state index in [1.165, 1.54) is 0 Å². The summed E-state index contributed by atoms with van der Waals surface area (Å²) in [4.78, 5) is 24.8. The van der Waals surface area contributed by atoms with Crippen LogP contribution in [0.25, 0.3) is 0 Å². The lowest BCUT2D eigenvalue weighted by atomic mass is 9.63. The Morgan fingerprint density at radius 3 is 1.94 bits per heavy atom. The van der Waals surface area contributed by atoms with Crippen molar-refractivity contribution in [3.05, 3.63) is 84.2 Å². The minimum absolute atomic E-state index is 0.0615. The number of rotatable bonds is 9. The molecule has 6 nitrogen and oxygen atoms in total. The number of ether oxygens (including phenoxy) is 3. The summed E-state index contributed by atoms with van der Waals surface area (Å²) in [5.74, 6) is 1.62. The lowest BCUT2D eigenvalue weighted by Gasteiger charge is -2.40. The van der Waals surface area contributed by atoms with E-state index in [2.05, 4.69) is 6.58 Å². The van der Waals surface area contributed by atoms with E-state index in [0.717, 1.165) is 12.2 Å². The molecular weight excluding hydrogens is 432 g/mol. The van der Waals surface area contributed by atoms with Crippen LogP contribution < -0.4 is 14.2 Å². The predicted octanol–water partition coefficient (Wildman–Crippen LogP) is 6.20. The summed E-state index contributed by atoms with van der Waals surface area (Å²) in [6, 6.07) is 13.8. The van der Waals surface area contributed by atoms with Gasteiger partial charge in [0.2, 0.25) is 0 Å². The zero-order chi connectivity index (χ0) is 24.8. The SMILES string of the molecule is C=C(O)C(=C/C1C(C)CC1C(C)=O)/C(=C\C)C(=O)Oc1ccc(Oc2ccc(OC)cc2)cc1. The standard InChI is InChI=1S/C28H30O6/c1-6-24(27(19(4)30)16-25-17(2)15-26(25)18(3)29)28(31)34-23-13-11-22(12-14-23)33-21-9-7-20(32-5)8-10-21/h6-14,16-17,25-26,30H,4,15H2,1-3,5H3/b24-6+,27-16-. The fourth-order valence-electron chi connectivity index (χ4n) is 4.07. The van der Waals surface area contributed by atoms with Crippen LogP contribution in [0.4, 0.5) is 0 Å². The average molecular weight is 463 g/mol. The molecule has 0 aliphatic heterocycles. The van der Waals surface area contributed by atoms with Gasteiger partial charge in [-0.25, -0.2) is 4.79 Å². The summed E-state index contributed by atoms with van der Waals surface area (Å²) in [5.41, 5.74) is 0.474. The van der Waals surface area contributed by atoms with Crippen LogP contribution in [0.1, 0.15) is 27.2 Å². The highest BCUT2D eigenvalue weighted by Crippen LogP contribution is 2.43. The highest BCUT2D eigenvalue weighted by Gasteiger charge is 2.40. The Morgan fingerprint density at radius 1 is 0.971 bits per heavy atom. The molecule has 3 rings (SSSR count). The van der Waals surface area contributed by atoms with E-state index in [1.54, 1.807) is 81.6 Å². The number of allylic oxidation sites excluding steroid dienone is 3. The third kappa shape index (κ3) is 5.76. The van der Waals surface area contributed by atoms with E-state index >= 15 is 0 Å². The van der Waals surface area contributed by atoms with Gasteiger partial charge in [0, 0.05) is 11.5 Å². The first-order valence-electron chi connectivity index (χ1n) is 11.1. The van der Waals surface area contributed by atoms with Crippen LogP contribution in [-0.4, -0.2) is 24.0 Å². The molecule has 3 unspecified atom stereocenters. The minimum Gasteiger partial charge on any atom is -0.508 e. The van der Waals surface area contributed by atoms with E-state index in [0.29, 0.717) is 17.2 Å². The van der Waals surface area contributed by atoms with Crippen molar-refractivity contribution in [1.82, 2.24) is 0 Å². The van der Waals surface area contributed by atoms with E-state index < -0.39 is 5.97 Å². The van der Waals surface area contributed by atoms with Crippen LogP contribution >= 0.6 is 0 Å². The first-order valence-corrected chi connectivity index (χ1v) is 11.1. The second kappa shape index (κ2) is 10.9. The Kier molecular flexibility index (Phi) is 7.95. The molecule has 1 aliphatic rings. The summed E-state index contributed by atoms with van der Waals surface area (Å²) in [6.45, 7) is 8.91. The molecule has 178 valence electrons. The molecule has 1 fully saturated rings. The predicted molar refractivity (Wildman–Crippen MR) is 130 cm³/mol. The van der Waals surface area contributed by atoms with Crippen LogP contribution in [0.5, 0.6) is 23.0 Å². The van der Waals surface area contributed by atoms with Gasteiger partial charge in [0.1, 0.15) is 34.5 Å². The second-order valence-electron chi connectivity index (χ2n) is 8.38. The molecule has 2 aromatic rings. The number of Topliss-reactive ketones (excluding diaryl/α,β-unsaturated/α-hetero) is 1. The number of benzene rings is 2. The van der Waals surface area contributed by atoms with Crippen LogP contribution in [-0.2, 0) is 9.59 Å². The van der Waals surface area contributed by atoms with Gasteiger partial charge in [0.05, 0.1) is 12.7 Å². The highest BCUT2D eigenvalue weighted by atomic mass is 16.5. The van der Waals surface area contributed by atoms with Crippen LogP contribution in [0.3, 0.4) is 0 Å². The maximum Gasteiger partial charge on any atom is 0.343 e. The van der Waals surface area contributed by atoms with Crippen LogP contribution in [0.15, 0.2) is 84.2 Å². The molecule has 1 saturated carbocycles. The van der Waals surface area contributed by atoms with Crippen molar-refractivity contribution in [2.75, 3.05) is 7.11 Å². The maximum absolute atomic E-state index is 12.9. The molecule has 0 saturated heterocycles. The number of carbonyl (C=O) groups excluding carboxylic acids is 2. The second-order valence-corrected chi connectivity index (χ2v) is 8.38. The summed E-state index contributed by atoms with van der Waals surface area (Å²) in [7, 11) is 1.60. The van der Waals surface area contributed by atoms with Crippen molar-refractivity contribution >= 4 is 11.8 Å². The zero-order valence-electron chi connectivity index (χ0n) is 19.9. The molecular formula is C28H30O6. The van der Waals surface area contributed by atoms with Crippen molar-refractivity contribution < 1.29 is 28.9 Å². The van der Waals surface area contributed by atoms with Crippen molar-refractivity contribution in [1.29, 1.82) is 0 Å². The molecule has 2 aromatic carbocycles. The highest BCUT2D eigenvalue weighted by molar-refractivity contribution is 5.96. The molecule has 0 aromatic heterocycles. The van der Waals surface area contributed by atoms with Crippen molar-refractivity contribution in [2.45, 2.75) is 27.2 Å². The molecule has 6 heteroatoms. The molecule has 1 aliphatic carbocycles. The van der Waals surface area contributed by atoms with Gasteiger partial charge in [-0.1, -0.05) is 25.7 Å². The van der Waals surface area contributed by atoms with E-state index in [9.17, 15) is 14.7 Å². The van der Waals surface area contributed by atoms with Gasteiger partial charge in [-0.3, -0.25) is 4.79 Å². The van der Waals surface area contributed by atoms with Gasteiger partial charge in [-0.2, -0.15) is 0 Å². The topological polar surface area (TPSA) is 82.1 Å². The zero-order valence-corrected chi connectivity index (χ0v) is 19.9. The summed E-state index contributed by atoms with van der Waals surface area (Å²) in [6.07, 6.45) is 4.13. The monoisotopic (exact) mass is 462 g/mol. The van der Waals surface area contributed by atoms with E-state index in [4.69, 9.17) is 14.2 Å². The molecule has 0 amide bonds. The third-order valence-electron chi connectivity index (χ3n) is 6.07. The number of aliphatic hydroxyl groups excluding tert-OH is 1. The Bertz CT molecular complexity index is 1110. The lowest BCUT2D eigenvalue weighted by Crippen LogP contribution is -2.38. The Morgan fingerprint density at radius 2 is 1.50 bits per heavy atom. The molecule has 0 radical (unpaired) electrons. The Hall–Kier alpha value is -3.80. The fraction of sp³-hybridized carbons (Fsp3) is 0.286. The number of carbonyl (C=O) groups is 2. The summed E-state index contributed by atoms with van der Waals surface area (Å²) < 4.78 is 16.5. The fourth-order valence-corrected chi connectivity index (χ4v) is 4.07. The van der Waals surface area contributed by atoms with Crippen molar-refractivity contribution in [3.63, 3.8) is 0 Å². The average Bonchev–Trinajstić information content (AvgIpc) is 2.81. The molecule has 1 N–H and O–H groups in total. The Labute approximate surface area is 200 Å². The maximum atomic E-state index is 12.9. The minimum atomic E-state index is -0.626. The quantitative estimate of drug-likeness (QED) is 0.157. The van der Waals surface area contributed by atoms with Crippen molar-refractivity contribution in [3.8, 4) is 23.0 Å². The van der Waals surface area contributed by atoms with E-state index in [1.807, 2.05) is 6.92 Å². The Balaban J connectivity index is 1.71. The van der Waals surface area contributed by atoms with Gasteiger partial charge < -0.3 is 19.3 Å². The van der Waals surface area contributed by atoms with Gasteiger partial charge >= 0.3 is 5.97 Å². The van der Waals surface area contributed by atoms with Gasteiger partial charge in [-0.15, -0.1) is 0 Å². The van der Waals surface area contributed by atoms with Crippen LogP contribution in [0, 0.1) is 17.8 Å².